The quantitative estimate of drug-likeness (QED) is 0.420. The van der Waals surface area contributed by atoms with E-state index < -0.39 is 35.1 Å². The van der Waals surface area contributed by atoms with E-state index in [-0.39, 0.29) is 39.4 Å². The van der Waals surface area contributed by atoms with Gasteiger partial charge in [-0.2, -0.15) is 0 Å². The summed E-state index contributed by atoms with van der Waals surface area (Å²) >= 11 is 0. The number of Topliss-reactive ketones (excluding diaryl/α,β-unsaturated/α-hetero) is 1. The van der Waals surface area contributed by atoms with Crippen molar-refractivity contribution in [1.82, 2.24) is 0 Å². The zero-order valence-electron chi connectivity index (χ0n) is 23.7. The highest BCUT2D eigenvalue weighted by atomic mass is 16.6. The van der Waals surface area contributed by atoms with Crippen LogP contribution in [0.3, 0.4) is 0 Å². The summed E-state index contributed by atoms with van der Waals surface area (Å²) in [6, 6.07) is 0. The molecule has 11 atom stereocenters. The monoisotopic (exact) mass is 506 g/mol. The van der Waals surface area contributed by atoms with E-state index in [2.05, 4.69) is 41.5 Å². The fourth-order valence-corrected chi connectivity index (χ4v) is 11.0. The third-order valence-electron chi connectivity index (χ3n) is 13.1. The van der Waals surface area contributed by atoms with Gasteiger partial charge in [0.1, 0.15) is 23.1 Å². The molecule has 0 radical (unpaired) electrons. The molecule has 5 fully saturated rings. The number of hydrogen-bond acceptors (Lipinski definition) is 6. The number of carbonyl (C=O) groups excluding carboxylic acids is 1. The first kappa shape index (κ1) is 27.1. The number of rotatable bonds is 5. The maximum atomic E-state index is 12.9. The standard InChI is InChI=1S/C30H50O6/c1-17(15-18(31)23(34)25(4,5)35)29-14-13-28(8)27(7)12-9-20-24(2,3)21(33)10-11-26(20,6)22(27)19(32)16-30(28,29)36-29/h17-20,22-23,31-32,34-35H,9-16H2,1-8H3/t17-,18+,19+,20?,22+,23+,26+,27+,28-,29-,30-/m1/s1. The van der Waals surface area contributed by atoms with E-state index in [0.717, 1.165) is 32.1 Å². The molecule has 1 heterocycles. The number of fused-ring (bicyclic) bond motifs is 4. The Morgan fingerprint density at radius 3 is 2.31 bits per heavy atom. The third kappa shape index (κ3) is 3.00. The van der Waals surface area contributed by atoms with Gasteiger partial charge < -0.3 is 25.2 Å². The summed E-state index contributed by atoms with van der Waals surface area (Å²) < 4.78 is 6.81. The summed E-state index contributed by atoms with van der Waals surface area (Å²) in [7, 11) is 0. The Kier molecular flexibility index (Phi) is 5.68. The number of ether oxygens (including phenoxy) is 1. The SMILES string of the molecule is C[C@H](C[C@H](O)[C@H](O)C(C)(C)O)[C@]12CC[C@@]3(C)[C@@]1(C[C@H](O)[C@H]1[C@@]4(C)CCC(=O)C(C)(C)C4CC[C@@]13C)O2. The van der Waals surface area contributed by atoms with Crippen LogP contribution in [0.2, 0.25) is 0 Å². The normalized spacial score (nSPS) is 51.9. The van der Waals surface area contributed by atoms with Gasteiger partial charge in [0.05, 0.1) is 17.8 Å². The van der Waals surface area contributed by atoms with Gasteiger partial charge in [0.25, 0.3) is 0 Å². The summed E-state index contributed by atoms with van der Waals surface area (Å²) in [4.78, 5) is 12.9. The van der Waals surface area contributed by atoms with Crippen molar-refractivity contribution in [3.63, 3.8) is 0 Å². The Morgan fingerprint density at radius 2 is 1.69 bits per heavy atom. The van der Waals surface area contributed by atoms with E-state index in [9.17, 15) is 25.2 Å². The molecule has 0 aromatic rings. The van der Waals surface area contributed by atoms with E-state index in [0.29, 0.717) is 25.0 Å². The molecule has 1 aliphatic heterocycles. The Hall–Kier alpha value is -0.530. The summed E-state index contributed by atoms with van der Waals surface area (Å²) in [6.45, 7) is 16.5. The summed E-state index contributed by atoms with van der Waals surface area (Å²) in [5.74, 6) is 0.745. The Morgan fingerprint density at radius 1 is 1.06 bits per heavy atom. The summed E-state index contributed by atoms with van der Waals surface area (Å²) in [6.07, 6.45) is 3.49. The zero-order valence-corrected chi connectivity index (χ0v) is 23.7. The first-order valence-electron chi connectivity index (χ1n) is 14.3. The molecule has 0 aromatic heterocycles. The molecule has 5 aliphatic rings. The van der Waals surface area contributed by atoms with Gasteiger partial charge in [-0.15, -0.1) is 0 Å². The van der Waals surface area contributed by atoms with Crippen LogP contribution in [-0.4, -0.2) is 61.3 Å². The van der Waals surface area contributed by atoms with Crippen LogP contribution in [0.25, 0.3) is 0 Å². The summed E-state index contributed by atoms with van der Waals surface area (Å²) in [5.41, 5.74) is -2.91. The number of aliphatic hydroxyl groups excluding tert-OH is 3. The lowest BCUT2D eigenvalue weighted by atomic mass is 9.35. The molecule has 206 valence electrons. The minimum Gasteiger partial charge on any atom is -0.393 e. The Bertz CT molecular complexity index is 940. The van der Waals surface area contributed by atoms with Gasteiger partial charge in [0.2, 0.25) is 0 Å². The lowest BCUT2D eigenvalue weighted by molar-refractivity contribution is -0.242. The van der Waals surface area contributed by atoms with Crippen molar-refractivity contribution in [3.8, 4) is 0 Å². The molecule has 6 heteroatoms. The minimum atomic E-state index is -1.38. The highest BCUT2D eigenvalue weighted by Gasteiger charge is 2.88. The molecule has 1 spiro atoms. The van der Waals surface area contributed by atoms with E-state index in [1.165, 1.54) is 13.8 Å². The van der Waals surface area contributed by atoms with Crippen LogP contribution in [0.1, 0.15) is 107 Å². The van der Waals surface area contributed by atoms with Crippen LogP contribution in [-0.2, 0) is 9.53 Å². The molecule has 1 unspecified atom stereocenters. The van der Waals surface area contributed by atoms with Crippen molar-refractivity contribution in [3.05, 3.63) is 0 Å². The largest absolute Gasteiger partial charge is 0.393 e. The molecule has 4 aliphatic carbocycles. The predicted octanol–water partition coefficient (Wildman–Crippen LogP) is 4.01. The molecule has 6 nitrogen and oxygen atoms in total. The van der Waals surface area contributed by atoms with Gasteiger partial charge >= 0.3 is 0 Å². The topological polar surface area (TPSA) is 111 Å². The van der Waals surface area contributed by atoms with Gasteiger partial charge in [-0.05, 0) is 81.0 Å². The van der Waals surface area contributed by atoms with E-state index in [4.69, 9.17) is 4.74 Å². The van der Waals surface area contributed by atoms with Crippen molar-refractivity contribution in [2.24, 2.45) is 39.4 Å². The van der Waals surface area contributed by atoms with Crippen LogP contribution in [0.15, 0.2) is 0 Å². The number of ketones is 1. The van der Waals surface area contributed by atoms with E-state index >= 15 is 0 Å². The van der Waals surface area contributed by atoms with Gasteiger partial charge in [0.15, 0.2) is 0 Å². The van der Waals surface area contributed by atoms with Crippen molar-refractivity contribution >= 4 is 5.78 Å². The van der Waals surface area contributed by atoms with Crippen LogP contribution in [0.4, 0.5) is 0 Å². The molecule has 0 amide bonds. The number of hydrogen-bond donors (Lipinski definition) is 4. The Labute approximate surface area is 217 Å². The number of epoxide rings is 1. The highest BCUT2D eigenvalue weighted by molar-refractivity contribution is 5.85. The smallest absolute Gasteiger partial charge is 0.138 e. The highest BCUT2D eigenvalue weighted by Crippen LogP contribution is 2.84. The van der Waals surface area contributed by atoms with Gasteiger partial charge in [-0.3, -0.25) is 4.79 Å². The summed E-state index contributed by atoms with van der Waals surface area (Å²) in [5, 5.41) is 43.4. The molecule has 4 N–H and O–H groups in total. The molecule has 1 saturated heterocycles. The van der Waals surface area contributed by atoms with Crippen molar-refractivity contribution in [1.29, 1.82) is 0 Å². The Balaban J connectivity index is 1.47. The van der Waals surface area contributed by atoms with Gasteiger partial charge in [-0.1, -0.05) is 41.5 Å². The first-order valence-corrected chi connectivity index (χ1v) is 14.3. The third-order valence-corrected chi connectivity index (χ3v) is 13.1. The van der Waals surface area contributed by atoms with Crippen molar-refractivity contribution < 1.29 is 30.0 Å². The molecule has 0 aromatic carbocycles. The van der Waals surface area contributed by atoms with Crippen molar-refractivity contribution in [2.45, 2.75) is 142 Å². The van der Waals surface area contributed by atoms with Crippen LogP contribution in [0, 0.1) is 39.4 Å². The molecule has 4 saturated carbocycles. The maximum Gasteiger partial charge on any atom is 0.138 e. The lowest BCUT2D eigenvalue weighted by Crippen LogP contribution is -2.69. The number of carbonyl (C=O) groups is 1. The van der Waals surface area contributed by atoms with Crippen LogP contribution >= 0.6 is 0 Å². The van der Waals surface area contributed by atoms with Gasteiger partial charge in [0, 0.05) is 23.7 Å². The lowest BCUT2D eigenvalue weighted by Gasteiger charge is -2.69. The number of aliphatic hydroxyl groups is 4. The second-order valence-electron chi connectivity index (χ2n) is 15.4. The van der Waals surface area contributed by atoms with Crippen molar-refractivity contribution in [2.75, 3.05) is 0 Å². The molecule has 0 bridgehead atoms. The van der Waals surface area contributed by atoms with Crippen LogP contribution < -0.4 is 0 Å². The second-order valence-corrected chi connectivity index (χ2v) is 15.4. The predicted molar refractivity (Wildman–Crippen MR) is 137 cm³/mol. The van der Waals surface area contributed by atoms with Crippen LogP contribution in [0.5, 0.6) is 0 Å². The average molecular weight is 507 g/mol. The zero-order chi connectivity index (χ0) is 26.9. The second kappa shape index (κ2) is 7.56. The first-order chi connectivity index (χ1) is 16.3. The van der Waals surface area contributed by atoms with E-state index in [1.54, 1.807) is 0 Å². The van der Waals surface area contributed by atoms with E-state index in [1.807, 2.05) is 0 Å². The average Bonchev–Trinajstić information content (AvgIpc) is 3.34. The molecular weight excluding hydrogens is 456 g/mol. The molecule has 5 rings (SSSR count). The fraction of sp³-hybridized carbons (Fsp3) is 0.967. The minimum absolute atomic E-state index is 0.0168. The molecular formula is C30H50O6. The van der Waals surface area contributed by atoms with Gasteiger partial charge in [-0.25, -0.2) is 0 Å². The maximum absolute atomic E-state index is 12.9. The molecule has 36 heavy (non-hydrogen) atoms. The fourth-order valence-electron chi connectivity index (χ4n) is 11.0.